The van der Waals surface area contributed by atoms with E-state index in [1.807, 2.05) is 36.4 Å². The van der Waals surface area contributed by atoms with Crippen LogP contribution in [0.4, 0.5) is 18.0 Å². The molecule has 0 radical (unpaired) electrons. The van der Waals surface area contributed by atoms with Crippen LogP contribution < -0.4 is 5.32 Å². The normalized spacial score (nSPS) is 15.3. The molecule has 0 spiro atoms. The highest BCUT2D eigenvalue weighted by molar-refractivity contribution is 5.79. The van der Waals surface area contributed by atoms with E-state index in [1.54, 1.807) is 12.1 Å². The van der Waals surface area contributed by atoms with Crippen LogP contribution in [0.2, 0.25) is 0 Å². The zero-order chi connectivity index (χ0) is 20.5. The third-order valence-corrected chi connectivity index (χ3v) is 4.54. The van der Waals surface area contributed by atoms with Crippen LogP contribution in [0.15, 0.2) is 48.5 Å². The first-order chi connectivity index (χ1) is 13.2. The van der Waals surface area contributed by atoms with Gasteiger partial charge >= 0.3 is 18.2 Å². The summed E-state index contributed by atoms with van der Waals surface area (Å²) in [6.45, 7) is -0.242. The number of carboxylic acid groups (broad SMARTS) is 1. The largest absolute Gasteiger partial charge is 0.479 e. The van der Waals surface area contributed by atoms with Crippen LogP contribution in [0, 0.1) is 0 Å². The van der Waals surface area contributed by atoms with Gasteiger partial charge in [-0.15, -0.1) is 0 Å². The molecule has 9 heteroatoms. The zero-order valence-electron chi connectivity index (χ0n) is 14.3. The van der Waals surface area contributed by atoms with Crippen LogP contribution in [-0.2, 0) is 9.53 Å². The Kier molecular flexibility index (Phi) is 5.28. The Morgan fingerprint density at radius 3 is 2.00 bits per heavy atom. The van der Waals surface area contributed by atoms with Crippen LogP contribution in [0.25, 0.3) is 11.1 Å². The van der Waals surface area contributed by atoms with Crippen LogP contribution in [0.3, 0.4) is 0 Å². The van der Waals surface area contributed by atoms with Crippen molar-refractivity contribution >= 4 is 12.1 Å². The molecule has 148 valence electrons. The first-order valence-electron chi connectivity index (χ1n) is 8.29. The maximum atomic E-state index is 12.9. The molecule has 3 rings (SSSR count). The number of amides is 1. The number of rotatable bonds is 5. The number of ether oxygens (including phenoxy) is 1. The number of benzene rings is 2. The average Bonchev–Trinajstić information content (AvgIpc) is 2.97. The SMILES string of the molecule is O=C(N[C@H]([C@H](O)C(=O)O)C(F)(F)F)OCC1c2ccccc2-c2ccccc21. The summed E-state index contributed by atoms with van der Waals surface area (Å²) < 4.78 is 43.7. The molecule has 0 saturated carbocycles. The highest BCUT2D eigenvalue weighted by Gasteiger charge is 2.48. The van der Waals surface area contributed by atoms with Gasteiger partial charge in [-0.2, -0.15) is 13.2 Å². The highest BCUT2D eigenvalue weighted by Crippen LogP contribution is 2.44. The lowest BCUT2D eigenvalue weighted by Crippen LogP contribution is -2.55. The number of aliphatic carboxylic acids is 1. The second-order valence-corrected chi connectivity index (χ2v) is 6.27. The lowest BCUT2D eigenvalue weighted by molar-refractivity contribution is -0.188. The number of hydrogen-bond acceptors (Lipinski definition) is 4. The van der Waals surface area contributed by atoms with Gasteiger partial charge in [-0.05, 0) is 22.3 Å². The van der Waals surface area contributed by atoms with Crippen molar-refractivity contribution in [2.45, 2.75) is 24.2 Å². The standard InChI is InChI=1S/C19H16F3NO5/c20-19(21,22)16(15(24)17(25)26)23-18(27)28-9-14-12-7-3-1-5-10(12)11-6-2-4-8-13(11)14/h1-8,14-16,24H,9H2,(H,23,27)(H,25,26)/t15-,16+/m0/s1. The van der Waals surface area contributed by atoms with Crippen molar-refractivity contribution in [3.8, 4) is 11.1 Å². The van der Waals surface area contributed by atoms with Gasteiger partial charge in [0.1, 0.15) is 6.61 Å². The number of alkyl carbamates (subject to hydrolysis) is 1. The predicted molar refractivity (Wildman–Crippen MR) is 91.7 cm³/mol. The molecular weight excluding hydrogens is 379 g/mol. The number of carbonyl (C=O) groups excluding carboxylic acids is 1. The molecule has 3 N–H and O–H groups in total. The third kappa shape index (κ3) is 3.79. The Morgan fingerprint density at radius 2 is 1.54 bits per heavy atom. The van der Waals surface area contributed by atoms with Crippen LogP contribution in [0.5, 0.6) is 0 Å². The molecular formula is C19H16F3NO5. The van der Waals surface area contributed by atoms with E-state index in [1.165, 1.54) is 5.32 Å². The molecule has 0 heterocycles. The number of alkyl halides is 3. The van der Waals surface area contributed by atoms with Gasteiger partial charge in [-0.25, -0.2) is 9.59 Å². The van der Waals surface area contributed by atoms with Gasteiger partial charge in [-0.3, -0.25) is 0 Å². The molecule has 2 aromatic rings. The Labute approximate surface area is 157 Å². The van der Waals surface area contributed by atoms with Gasteiger partial charge in [0.25, 0.3) is 0 Å². The topological polar surface area (TPSA) is 95.9 Å². The van der Waals surface area contributed by atoms with E-state index in [2.05, 4.69) is 0 Å². The molecule has 2 aromatic carbocycles. The first-order valence-corrected chi connectivity index (χ1v) is 8.29. The monoisotopic (exact) mass is 395 g/mol. The summed E-state index contributed by atoms with van der Waals surface area (Å²) in [6.07, 6.45) is -9.48. The lowest BCUT2D eigenvalue weighted by atomic mass is 9.98. The average molecular weight is 395 g/mol. The molecule has 0 fully saturated rings. The van der Waals surface area contributed by atoms with E-state index in [9.17, 15) is 27.9 Å². The number of carbonyl (C=O) groups is 2. The summed E-state index contributed by atoms with van der Waals surface area (Å²) in [7, 11) is 0. The first kappa shape index (κ1) is 19.7. The van der Waals surface area contributed by atoms with Gasteiger partial charge in [0.15, 0.2) is 12.1 Å². The predicted octanol–water partition coefficient (Wildman–Crippen LogP) is 2.90. The number of halogens is 3. The molecule has 0 unspecified atom stereocenters. The Morgan fingerprint density at radius 1 is 1.04 bits per heavy atom. The fourth-order valence-electron chi connectivity index (χ4n) is 3.25. The molecule has 0 aliphatic heterocycles. The summed E-state index contributed by atoms with van der Waals surface area (Å²) in [4.78, 5) is 22.5. The summed E-state index contributed by atoms with van der Waals surface area (Å²) in [5.74, 6) is -2.48. The number of carboxylic acids is 1. The maximum absolute atomic E-state index is 12.9. The van der Waals surface area contributed by atoms with Crippen molar-refractivity contribution in [1.29, 1.82) is 0 Å². The Hall–Kier alpha value is -3.07. The van der Waals surface area contributed by atoms with Crippen molar-refractivity contribution < 1.29 is 37.7 Å². The van der Waals surface area contributed by atoms with Crippen LogP contribution in [-0.4, -0.2) is 47.2 Å². The van der Waals surface area contributed by atoms with Crippen LogP contribution >= 0.6 is 0 Å². The Balaban J connectivity index is 1.73. The molecule has 0 bridgehead atoms. The molecule has 2 atom stereocenters. The van der Waals surface area contributed by atoms with Crippen LogP contribution in [0.1, 0.15) is 17.0 Å². The van der Waals surface area contributed by atoms with Crippen molar-refractivity contribution in [3.63, 3.8) is 0 Å². The van der Waals surface area contributed by atoms with E-state index in [4.69, 9.17) is 9.84 Å². The van der Waals surface area contributed by atoms with Gasteiger partial charge < -0.3 is 20.3 Å². The highest BCUT2D eigenvalue weighted by atomic mass is 19.4. The lowest BCUT2D eigenvalue weighted by Gasteiger charge is -2.24. The van der Waals surface area contributed by atoms with E-state index >= 15 is 0 Å². The van der Waals surface area contributed by atoms with Gasteiger partial charge in [0.05, 0.1) is 0 Å². The number of nitrogens with one attached hydrogen (secondary N) is 1. The summed E-state index contributed by atoms with van der Waals surface area (Å²) >= 11 is 0. The number of aliphatic hydroxyl groups excluding tert-OH is 1. The molecule has 28 heavy (non-hydrogen) atoms. The molecule has 1 aliphatic rings. The second-order valence-electron chi connectivity index (χ2n) is 6.27. The molecule has 0 saturated heterocycles. The minimum Gasteiger partial charge on any atom is -0.479 e. The molecule has 1 amide bonds. The minimum absolute atomic E-state index is 0.242. The minimum atomic E-state index is -5.16. The third-order valence-electron chi connectivity index (χ3n) is 4.54. The van der Waals surface area contributed by atoms with Crippen molar-refractivity contribution in [1.82, 2.24) is 5.32 Å². The van der Waals surface area contributed by atoms with E-state index in [0.717, 1.165) is 22.3 Å². The summed E-state index contributed by atoms with van der Waals surface area (Å²) in [6, 6.07) is 11.8. The second kappa shape index (κ2) is 7.51. The summed E-state index contributed by atoms with van der Waals surface area (Å²) in [5.41, 5.74) is 3.63. The number of hydrogen-bond donors (Lipinski definition) is 3. The van der Waals surface area contributed by atoms with E-state index in [-0.39, 0.29) is 12.5 Å². The van der Waals surface area contributed by atoms with E-state index in [0.29, 0.717) is 0 Å². The molecule has 1 aliphatic carbocycles. The van der Waals surface area contributed by atoms with Crippen molar-refractivity contribution in [2.75, 3.05) is 6.61 Å². The maximum Gasteiger partial charge on any atom is 0.411 e. The fourth-order valence-corrected chi connectivity index (χ4v) is 3.25. The smallest absolute Gasteiger partial charge is 0.411 e. The van der Waals surface area contributed by atoms with Gasteiger partial charge in [0, 0.05) is 5.92 Å². The van der Waals surface area contributed by atoms with Crippen molar-refractivity contribution in [2.24, 2.45) is 0 Å². The quantitative estimate of drug-likeness (QED) is 0.724. The zero-order valence-corrected chi connectivity index (χ0v) is 14.3. The fraction of sp³-hybridized carbons (Fsp3) is 0.263. The summed E-state index contributed by atoms with van der Waals surface area (Å²) in [5, 5.41) is 19.2. The molecule has 6 nitrogen and oxygen atoms in total. The van der Waals surface area contributed by atoms with Gasteiger partial charge in [0.2, 0.25) is 0 Å². The van der Waals surface area contributed by atoms with E-state index < -0.39 is 30.4 Å². The Bertz CT molecular complexity index is 854. The number of fused-ring (bicyclic) bond motifs is 3. The molecule has 0 aromatic heterocycles. The van der Waals surface area contributed by atoms with Crippen molar-refractivity contribution in [3.05, 3.63) is 59.7 Å². The number of aliphatic hydroxyl groups is 1. The van der Waals surface area contributed by atoms with Gasteiger partial charge in [-0.1, -0.05) is 48.5 Å².